The smallest absolute Gasteiger partial charge is 0.323 e. The molecule has 0 aliphatic carbocycles. The summed E-state index contributed by atoms with van der Waals surface area (Å²) in [6, 6.07) is 5.57. The monoisotopic (exact) mass is 193 g/mol. The first-order valence-electron chi connectivity index (χ1n) is 4.24. The molecule has 0 saturated carbocycles. The number of rotatable bonds is 3. The molecule has 0 radical (unpaired) electrons. The molecule has 0 spiro atoms. The van der Waals surface area contributed by atoms with Crippen molar-refractivity contribution in [3.8, 4) is 0 Å². The van der Waals surface area contributed by atoms with Crippen molar-refractivity contribution in [3.63, 3.8) is 0 Å². The maximum atomic E-state index is 11.0. The summed E-state index contributed by atoms with van der Waals surface area (Å²) in [5.41, 5.74) is 2.31. The minimum atomic E-state index is -0.191. The Balaban J connectivity index is 2.35. The van der Waals surface area contributed by atoms with Gasteiger partial charge in [-0.05, 0) is 18.2 Å². The van der Waals surface area contributed by atoms with Gasteiger partial charge in [0.05, 0.1) is 11.0 Å². The summed E-state index contributed by atoms with van der Waals surface area (Å²) < 4.78 is 4.87. The van der Waals surface area contributed by atoms with Gasteiger partial charge in [-0.15, -0.1) is 0 Å². The molecular formula is C9H11N3O2. The molecule has 74 valence electrons. The Labute approximate surface area is 80.1 Å². The molecule has 1 aromatic carbocycles. The van der Waals surface area contributed by atoms with Crippen LogP contribution < -0.4 is 11.0 Å². The second kappa shape index (κ2) is 3.55. The molecule has 5 heteroatoms. The van der Waals surface area contributed by atoms with E-state index in [4.69, 9.17) is 4.74 Å². The van der Waals surface area contributed by atoms with E-state index in [2.05, 4.69) is 15.3 Å². The summed E-state index contributed by atoms with van der Waals surface area (Å²) >= 11 is 0. The van der Waals surface area contributed by atoms with Crippen LogP contribution in [0.25, 0.3) is 11.0 Å². The fraction of sp³-hybridized carbons (Fsp3) is 0.222. The van der Waals surface area contributed by atoms with E-state index in [0.29, 0.717) is 6.73 Å². The quantitative estimate of drug-likeness (QED) is 0.633. The first-order valence-corrected chi connectivity index (χ1v) is 4.24. The molecular weight excluding hydrogens is 182 g/mol. The summed E-state index contributed by atoms with van der Waals surface area (Å²) in [6.07, 6.45) is 0. The number of hydrogen-bond donors (Lipinski definition) is 3. The van der Waals surface area contributed by atoms with Crippen LogP contribution in [0.1, 0.15) is 0 Å². The summed E-state index contributed by atoms with van der Waals surface area (Å²) in [6.45, 7) is 0.445. The number of aromatic nitrogens is 2. The number of fused-ring (bicyclic) bond motifs is 1. The number of H-pyrrole nitrogens is 2. The molecule has 0 bridgehead atoms. The number of hydrogen-bond acceptors (Lipinski definition) is 3. The van der Waals surface area contributed by atoms with Crippen molar-refractivity contribution < 1.29 is 4.74 Å². The van der Waals surface area contributed by atoms with Gasteiger partial charge in [0.25, 0.3) is 0 Å². The fourth-order valence-corrected chi connectivity index (χ4v) is 1.30. The van der Waals surface area contributed by atoms with E-state index in [1.165, 1.54) is 0 Å². The lowest BCUT2D eigenvalue weighted by Gasteiger charge is -2.03. The molecule has 1 heterocycles. The molecule has 2 rings (SSSR count). The Bertz CT molecular complexity index is 486. The number of aromatic amines is 2. The second-order valence-corrected chi connectivity index (χ2v) is 2.95. The SMILES string of the molecule is COCNc1ccc2[nH]c(=O)[nH]c2c1. The van der Waals surface area contributed by atoms with Crippen LogP contribution in [-0.2, 0) is 4.74 Å². The van der Waals surface area contributed by atoms with Crippen molar-refractivity contribution >= 4 is 16.7 Å². The van der Waals surface area contributed by atoms with Crippen LogP contribution >= 0.6 is 0 Å². The number of nitrogens with one attached hydrogen (secondary N) is 3. The topological polar surface area (TPSA) is 69.9 Å². The van der Waals surface area contributed by atoms with Gasteiger partial charge in [0.1, 0.15) is 6.73 Å². The lowest BCUT2D eigenvalue weighted by molar-refractivity contribution is 0.221. The van der Waals surface area contributed by atoms with E-state index in [1.54, 1.807) is 7.11 Å². The third-order valence-corrected chi connectivity index (χ3v) is 1.94. The molecule has 5 nitrogen and oxygen atoms in total. The Morgan fingerprint density at radius 2 is 2.14 bits per heavy atom. The van der Waals surface area contributed by atoms with Gasteiger partial charge in [0, 0.05) is 12.8 Å². The standard InChI is InChI=1S/C9H11N3O2/c1-14-5-10-6-2-3-7-8(4-6)12-9(13)11-7/h2-4,10H,5H2,1H3,(H2,11,12,13). The highest BCUT2D eigenvalue weighted by molar-refractivity contribution is 5.78. The van der Waals surface area contributed by atoms with Crippen LogP contribution in [-0.4, -0.2) is 23.8 Å². The summed E-state index contributed by atoms with van der Waals surface area (Å²) in [5, 5.41) is 3.04. The van der Waals surface area contributed by atoms with Crippen LogP contribution in [0.15, 0.2) is 23.0 Å². The van der Waals surface area contributed by atoms with Gasteiger partial charge in [-0.2, -0.15) is 0 Å². The molecule has 0 unspecified atom stereocenters. The fourth-order valence-electron chi connectivity index (χ4n) is 1.30. The molecule has 0 aliphatic heterocycles. The van der Waals surface area contributed by atoms with Crippen molar-refractivity contribution in [3.05, 3.63) is 28.7 Å². The number of benzene rings is 1. The average Bonchev–Trinajstić information content (AvgIpc) is 2.54. The van der Waals surface area contributed by atoms with E-state index in [9.17, 15) is 4.79 Å². The molecule has 0 aliphatic rings. The maximum absolute atomic E-state index is 11.0. The predicted octanol–water partition coefficient (Wildman–Crippen LogP) is 0.872. The predicted molar refractivity (Wildman–Crippen MR) is 54.4 cm³/mol. The Hall–Kier alpha value is -1.75. The van der Waals surface area contributed by atoms with E-state index in [-0.39, 0.29) is 5.69 Å². The average molecular weight is 193 g/mol. The highest BCUT2D eigenvalue weighted by atomic mass is 16.5. The minimum Gasteiger partial charge on any atom is -0.365 e. The van der Waals surface area contributed by atoms with Crippen LogP contribution in [0, 0.1) is 0 Å². The van der Waals surface area contributed by atoms with Crippen molar-refractivity contribution in [2.75, 3.05) is 19.2 Å². The Morgan fingerprint density at radius 1 is 1.36 bits per heavy atom. The van der Waals surface area contributed by atoms with Gasteiger partial charge in [0.2, 0.25) is 0 Å². The second-order valence-electron chi connectivity index (χ2n) is 2.95. The van der Waals surface area contributed by atoms with Crippen molar-refractivity contribution in [2.45, 2.75) is 0 Å². The van der Waals surface area contributed by atoms with Gasteiger partial charge in [-0.25, -0.2) is 4.79 Å². The van der Waals surface area contributed by atoms with Gasteiger partial charge in [-0.3, -0.25) is 0 Å². The zero-order chi connectivity index (χ0) is 9.97. The first-order chi connectivity index (χ1) is 6.79. The minimum absolute atomic E-state index is 0.191. The number of imidazole rings is 1. The van der Waals surface area contributed by atoms with E-state index >= 15 is 0 Å². The molecule has 2 aromatic rings. The molecule has 3 N–H and O–H groups in total. The molecule has 0 amide bonds. The Kier molecular flexibility index (Phi) is 2.24. The lowest BCUT2D eigenvalue weighted by atomic mass is 10.3. The highest BCUT2D eigenvalue weighted by Crippen LogP contribution is 2.13. The van der Waals surface area contributed by atoms with Crippen LogP contribution in [0.2, 0.25) is 0 Å². The highest BCUT2D eigenvalue weighted by Gasteiger charge is 1.98. The van der Waals surface area contributed by atoms with Crippen LogP contribution in [0.3, 0.4) is 0 Å². The summed E-state index contributed by atoms with van der Waals surface area (Å²) in [7, 11) is 1.61. The number of anilines is 1. The first kappa shape index (κ1) is 8.83. The van der Waals surface area contributed by atoms with Crippen LogP contribution in [0.5, 0.6) is 0 Å². The summed E-state index contributed by atoms with van der Waals surface area (Å²) in [5.74, 6) is 0. The number of ether oxygens (including phenoxy) is 1. The van der Waals surface area contributed by atoms with E-state index in [0.717, 1.165) is 16.7 Å². The summed E-state index contributed by atoms with van der Waals surface area (Å²) in [4.78, 5) is 16.3. The van der Waals surface area contributed by atoms with Gasteiger partial charge < -0.3 is 20.0 Å². The largest absolute Gasteiger partial charge is 0.365 e. The molecule has 0 fully saturated rings. The molecule has 0 atom stereocenters. The lowest BCUT2D eigenvalue weighted by Crippen LogP contribution is -2.02. The van der Waals surface area contributed by atoms with E-state index < -0.39 is 0 Å². The van der Waals surface area contributed by atoms with E-state index in [1.807, 2.05) is 18.2 Å². The molecule has 14 heavy (non-hydrogen) atoms. The van der Waals surface area contributed by atoms with Crippen molar-refractivity contribution in [1.29, 1.82) is 0 Å². The zero-order valence-corrected chi connectivity index (χ0v) is 7.76. The van der Waals surface area contributed by atoms with Crippen LogP contribution in [0.4, 0.5) is 5.69 Å². The normalized spacial score (nSPS) is 10.6. The van der Waals surface area contributed by atoms with Crippen molar-refractivity contribution in [2.24, 2.45) is 0 Å². The van der Waals surface area contributed by atoms with Crippen molar-refractivity contribution in [1.82, 2.24) is 9.97 Å². The zero-order valence-electron chi connectivity index (χ0n) is 7.76. The third kappa shape index (κ3) is 1.62. The maximum Gasteiger partial charge on any atom is 0.323 e. The van der Waals surface area contributed by atoms with Gasteiger partial charge in [0.15, 0.2) is 0 Å². The molecule has 0 saturated heterocycles. The Morgan fingerprint density at radius 3 is 2.93 bits per heavy atom. The number of methoxy groups -OCH3 is 1. The van der Waals surface area contributed by atoms with Gasteiger partial charge >= 0.3 is 5.69 Å². The third-order valence-electron chi connectivity index (χ3n) is 1.94. The molecule has 1 aromatic heterocycles. The van der Waals surface area contributed by atoms with Gasteiger partial charge in [-0.1, -0.05) is 0 Å².